The highest BCUT2D eigenvalue weighted by molar-refractivity contribution is 6.04. The van der Waals surface area contributed by atoms with Gasteiger partial charge in [0.15, 0.2) is 0 Å². The van der Waals surface area contributed by atoms with E-state index in [2.05, 4.69) is 41.0 Å². The van der Waals surface area contributed by atoms with Crippen LogP contribution in [0.15, 0.2) is 66.7 Å². The van der Waals surface area contributed by atoms with Crippen molar-refractivity contribution in [2.75, 3.05) is 18.9 Å². The van der Waals surface area contributed by atoms with Crippen LogP contribution in [0.5, 0.6) is 0 Å². The smallest absolute Gasteiger partial charge is 0.253 e. The number of hydrogen-bond donors (Lipinski definition) is 2. The SMILES string of the molecule is CN(CC(=O)Nc1ccccc1C(=O)NC1CC1)Cc1ccc2ccccc2c1. The van der Waals surface area contributed by atoms with E-state index in [4.69, 9.17) is 0 Å². The lowest BCUT2D eigenvalue weighted by atomic mass is 10.1. The predicted octanol–water partition coefficient (Wildman–Crippen LogP) is 3.80. The lowest BCUT2D eigenvalue weighted by Crippen LogP contribution is -2.31. The van der Waals surface area contributed by atoms with Gasteiger partial charge in [0, 0.05) is 12.6 Å². The fourth-order valence-corrected chi connectivity index (χ4v) is 3.42. The summed E-state index contributed by atoms with van der Waals surface area (Å²) in [5, 5.41) is 8.26. The Morgan fingerprint density at radius 1 is 0.966 bits per heavy atom. The third-order valence-electron chi connectivity index (χ3n) is 5.04. The summed E-state index contributed by atoms with van der Waals surface area (Å²) in [6.07, 6.45) is 2.06. The van der Waals surface area contributed by atoms with Crippen molar-refractivity contribution in [2.45, 2.75) is 25.4 Å². The minimum absolute atomic E-state index is 0.132. The molecule has 0 heterocycles. The molecule has 0 atom stereocenters. The van der Waals surface area contributed by atoms with Crippen LogP contribution < -0.4 is 10.6 Å². The molecular weight excluding hydrogens is 362 g/mol. The molecule has 2 N–H and O–H groups in total. The first kappa shape index (κ1) is 19.2. The number of amides is 2. The molecule has 5 nitrogen and oxygen atoms in total. The second-order valence-electron chi connectivity index (χ2n) is 7.70. The molecule has 3 aromatic rings. The summed E-state index contributed by atoms with van der Waals surface area (Å²) < 4.78 is 0. The van der Waals surface area contributed by atoms with Gasteiger partial charge >= 0.3 is 0 Å². The standard InChI is InChI=1S/C24H25N3O2/c1-27(15-17-10-11-18-6-2-3-7-19(18)14-17)16-23(28)26-22-9-5-4-8-21(22)24(29)25-20-12-13-20/h2-11,14,20H,12-13,15-16H2,1H3,(H,25,29)(H,26,28). The number of benzene rings is 3. The highest BCUT2D eigenvalue weighted by atomic mass is 16.2. The van der Waals surface area contributed by atoms with Crippen LogP contribution in [-0.2, 0) is 11.3 Å². The van der Waals surface area contributed by atoms with Crippen LogP contribution in [0.1, 0.15) is 28.8 Å². The maximum atomic E-state index is 12.6. The van der Waals surface area contributed by atoms with Gasteiger partial charge in [-0.05, 0) is 54.4 Å². The summed E-state index contributed by atoms with van der Waals surface area (Å²) in [5.41, 5.74) is 2.21. The number of carbonyl (C=O) groups is 2. The van der Waals surface area contributed by atoms with Gasteiger partial charge in [-0.2, -0.15) is 0 Å². The van der Waals surface area contributed by atoms with Crippen molar-refractivity contribution in [2.24, 2.45) is 0 Å². The number of carbonyl (C=O) groups excluding carboxylic acids is 2. The zero-order valence-electron chi connectivity index (χ0n) is 16.5. The van der Waals surface area contributed by atoms with Gasteiger partial charge in [-0.15, -0.1) is 0 Å². The van der Waals surface area contributed by atoms with Crippen molar-refractivity contribution < 1.29 is 9.59 Å². The average molecular weight is 387 g/mol. The quantitative estimate of drug-likeness (QED) is 0.648. The van der Waals surface area contributed by atoms with E-state index in [0.29, 0.717) is 17.8 Å². The Morgan fingerprint density at radius 3 is 2.48 bits per heavy atom. The Labute approximate surface area is 170 Å². The fraction of sp³-hybridized carbons (Fsp3) is 0.250. The summed E-state index contributed by atoms with van der Waals surface area (Å²) in [5.74, 6) is -0.270. The van der Waals surface area contributed by atoms with Gasteiger partial charge in [0.05, 0.1) is 17.8 Å². The van der Waals surface area contributed by atoms with E-state index in [-0.39, 0.29) is 24.4 Å². The summed E-state index contributed by atoms with van der Waals surface area (Å²) in [6, 6.07) is 22.0. The lowest BCUT2D eigenvalue weighted by molar-refractivity contribution is -0.117. The fourth-order valence-electron chi connectivity index (χ4n) is 3.42. The number of rotatable bonds is 7. The largest absolute Gasteiger partial charge is 0.349 e. The molecule has 0 aliphatic heterocycles. The molecule has 3 aromatic carbocycles. The Hall–Kier alpha value is -3.18. The molecule has 1 fully saturated rings. The molecule has 0 radical (unpaired) electrons. The van der Waals surface area contributed by atoms with Gasteiger partial charge in [-0.25, -0.2) is 0 Å². The first-order valence-electron chi connectivity index (χ1n) is 9.94. The second-order valence-corrected chi connectivity index (χ2v) is 7.70. The number of likely N-dealkylation sites (N-methyl/N-ethyl adjacent to an activating group) is 1. The van der Waals surface area contributed by atoms with Gasteiger partial charge in [0.1, 0.15) is 0 Å². The molecule has 2 amide bonds. The van der Waals surface area contributed by atoms with E-state index in [1.807, 2.05) is 36.2 Å². The maximum Gasteiger partial charge on any atom is 0.253 e. The third kappa shape index (κ3) is 5.00. The Bertz CT molecular complexity index is 1040. The number of nitrogens with zero attached hydrogens (tertiary/aromatic N) is 1. The van der Waals surface area contributed by atoms with Crippen molar-refractivity contribution in [3.05, 3.63) is 77.9 Å². The van der Waals surface area contributed by atoms with Crippen LogP contribution in [0.4, 0.5) is 5.69 Å². The predicted molar refractivity (Wildman–Crippen MR) is 116 cm³/mol. The monoisotopic (exact) mass is 387 g/mol. The molecule has 0 saturated heterocycles. The van der Waals surface area contributed by atoms with Crippen molar-refractivity contribution in [3.63, 3.8) is 0 Å². The van der Waals surface area contributed by atoms with Gasteiger partial charge < -0.3 is 10.6 Å². The highest BCUT2D eigenvalue weighted by Gasteiger charge is 2.25. The number of nitrogens with one attached hydrogen (secondary N) is 2. The van der Waals surface area contributed by atoms with Crippen LogP contribution in [0, 0.1) is 0 Å². The molecule has 1 saturated carbocycles. The summed E-state index contributed by atoms with van der Waals surface area (Å²) in [6.45, 7) is 0.910. The Balaban J connectivity index is 1.37. The number of hydrogen-bond acceptors (Lipinski definition) is 3. The zero-order valence-corrected chi connectivity index (χ0v) is 16.5. The van der Waals surface area contributed by atoms with E-state index >= 15 is 0 Å². The number of anilines is 1. The van der Waals surface area contributed by atoms with E-state index in [1.165, 1.54) is 10.8 Å². The summed E-state index contributed by atoms with van der Waals surface area (Å²) in [4.78, 5) is 26.9. The zero-order chi connectivity index (χ0) is 20.2. The van der Waals surface area contributed by atoms with Crippen LogP contribution in [0.2, 0.25) is 0 Å². The van der Waals surface area contributed by atoms with Crippen LogP contribution >= 0.6 is 0 Å². The first-order valence-corrected chi connectivity index (χ1v) is 9.94. The van der Waals surface area contributed by atoms with Crippen LogP contribution in [-0.4, -0.2) is 36.3 Å². The highest BCUT2D eigenvalue weighted by Crippen LogP contribution is 2.22. The molecule has 5 heteroatoms. The molecule has 0 spiro atoms. The molecule has 4 rings (SSSR count). The van der Waals surface area contributed by atoms with Crippen molar-refractivity contribution in [1.82, 2.24) is 10.2 Å². The first-order chi connectivity index (χ1) is 14.1. The minimum atomic E-state index is -0.139. The third-order valence-corrected chi connectivity index (χ3v) is 5.04. The normalized spacial score (nSPS) is 13.4. The molecule has 0 aromatic heterocycles. The van der Waals surface area contributed by atoms with Crippen LogP contribution in [0.3, 0.4) is 0 Å². The lowest BCUT2D eigenvalue weighted by Gasteiger charge is -2.17. The van der Waals surface area contributed by atoms with Gasteiger partial charge in [0.25, 0.3) is 5.91 Å². The van der Waals surface area contributed by atoms with Crippen molar-refractivity contribution >= 4 is 28.3 Å². The number of para-hydroxylation sites is 1. The van der Waals surface area contributed by atoms with E-state index in [1.54, 1.807) is 12.1 Å². The molecule has 0 bridgehead atoms. The second kappa shape index (κ2) is 8.45. The van der Waals surface area contributed by atoms with Gasteiger partial charge in [-0.3, -0.25) is 14.5 Å². The van der Waals surface area contributed by atoms with Crippen LogP contribution in [0.25, 0.3) is 10.8 Å². The van der Waals surface area contributed by atoms with E-state index in [0.717, 1.165) is 18.4 Å². The minimum Gasteiger partial charge on any atom is -0.349 e. The Morgan fingerprint density at radius 2 is 1.69 bits per heavy atom. The molecule has 0 unspecified atom stereocenters. The van der Waals surface area contributed by atoms with Crippen molar-refractivity contribution in [3.8, 4) is 0 Å². The summed E-state index contributed by atoms with van der Waals surface area (Å²) in [7, 11) is 1.92. The topological polar surface area (TPSA) is 61.4 Å². The van der Waals surface area contributed by atoms with Gasteiger partial charge in [0.2, 0.25) is 5.91 Å². The maximum absolute atomic E-state index is 12.6. The molecule has 148 valence electrons. The molecular formula is C24H25N3O2. The number of fused-ring (bicyclic) bond motifs is 1. The van der Waals surface area contributed by atoms with E-state index < -0.39 is 0 Å². The Kier molecular flexibility index (Phi) is 5.58. The molecule has 1 aliphatic carbocycles. The molecule has 1 aliphatic rings. The van der Waals surface area contributed by atoms with E-state index in [9.17, 15) is 9.59 Å². The molecule has 29 heavy (non-hydrogen) atoms. The summed E-state index contributed by atoms with van der Waals surface area (Å²) >= 11 is 0. The average Bonchev–Trinajstić information content (AvgIpc) is 3.52. The van der Waals surface area contributed by atoms with Crippen molar-refractivity contribution in [1.29, 1.82) is 0 Å². The van der Waals surface area contributed by atoms with Gasteiger partial charge in [-0.1, -0.05) is 48.5 Å².